The van der Waals surface area contributed by atoms with Gasteiger partial charge in [-0.1, -0.05) is 0 Å². The van der Waals surface area contributed by atoms with Crippen LogP contribution in [0.4, 0.5) is 0 Å². The molecule has 1 aromatic carbocycles. The van der Waals surface area contributed by atoms with Gasteiger partial charge in [-0.05, 0) is 30.3 Å². The SMILES string of the molecule is CC(=O)OC[C@]12O[C@@H]1[C@H](OC(=O)c1ccc(OC(C)=O)cc1)[C@@H]1C=CO[C@H](O[C@@H]3O[C@H](CO)[C@@H](O)[C@H](O)[C@H]3O)[C@H]12. The monoisotopic (exact) mass is 566 g/mol. The van der Waals surface area contributed by atoms with E-state index in [2.05, 4.69) is 0 Å². The molecule has 40 heavy (non-hydrogen) atoms. The normalized spacial score (nSPS) is 39.4. The fourth-order valence-corrected chi connectivity index (χ4v) is 5.50. The zero-order valence-corrected chi connectivity index (χ0v) is 21.5. The van der Waals surface area contributed by atoms with Crippen LogP contribution in [0.1, 0.15) is 24.2 Å². The van der Waals surface area contributed by atoms with Gasteiger partial charge in [0, 0.05) is 19.8 Å². The standard InChI is InChI=1S/C26H30O14/c1-11(28)35-10-26-17-15(7-8-34-24(17)39-25-20(32)19(31)18(30)16(9-27)37-25)21(22(26)40-26)38-23(33)13-3-5-14(6-4-13)36-12(2)29/h3-8,15-22,24-25,27,30-32H,9-10H2,1-2H3/t15-,16-,17+,18-,19+,20-,21-,22-,24-,25+,26-/m1/s1. The van der Waals surface area contributed by atoms with Crippen LogP contribution in [0.15, 0.2) is 36.6 Å². The van der Waals surface area contributed by atoms with Crippen LogP contribution in [-0.4, -0.2) is 106 Å². The summed E-state index contributed by atoms with van der Waals surface area (Å²) in [6.07, 6.45) is -7.39. The number of rotatable bonds is 8. The molecule has 3 heterocycles. The molecule has 1 aliphatic carbocycles. The van der Waals surface area contributed by atoms with Gasteiger partial charge in [0.15, 0.2) is 6.29 Å². The molecule has 0 spiro atoms. The number of esters is 3. The van der Waals surface area contributed by atoms with E-state index in [1.165, 1.54) is 44.4 Å². The van der Waals surface area contributed by atoms with E-state index in [1.54, 1.807) is 6.08 Å². The molecule has 3 aliphatic heterocycles. The lowest BCUT2D eigenvalue weighted by Crippen LogP contribution is -2.60. The largest absolute Gasteiger partial charge is 0.472 e. The van der Waals surface area contributed by atoms with E-state index in [4.69, 9.17) is 33.2 Å². The second-order valence-corrected chi connectivity index (χ2v) is 10.0. The van der Waals surface area contributed by atoms with E-state index < -0.39 is 91.2 Å². The third kappa shape index (κ3) is 5.19. The minimum Gasteiger partial charge on any atom is -0.472 e. The maximum absolute atomic E-state index is 13.0. The molecule has 0 amide bonds. The number of aliphatic hydroxyl groups excluding tert-OH is 4. The Morgan fingerprint density at radius 3 is 2.35 bits per heavy atom. The van der Waals surface area contributed by atoms with Gasteiger partial charge in [-0.25, -0.2) is 4.79 Å². The first-order valence-corrected chi connectivity index (χ1v) is 12.6. The summed E-state index contributed by atoms with van der Waals surface area (Å²) in [5.41, 5.74) is -0.972. The Hall–Kier alpha value is -3.11. The van der Waals surface area contributed by atoms with Crippen molar-refractivity contribution in [3.63, 3.8) is 0 Å². The van der Waals surface area contributed by atoms with E-state index in [-0.39, 0.29) is 17.9 Å². The molecule has 0 aromatic heterocycles. The van der Waals surface area contributed by atoms with Crippen molar-refractivity contribution in [3.05, 3.63) is 42.2 Å². The molecule has 4 N–H and O–H groups in total. The summed E-state index contributed by atoms with van der Waals surface area (Å²) in [6, 6.07) is 5.79. The fourth-order valence-electron chi connectivity index (χ4n) is 5.50. The van der Waals surface area contributed by atoms with Crippen LogP contribution >= 0.6 is 0 Å². The lowest BCUT2D eigenvalue weighted by atomic mass is 9.85. The topological polar surface area (TPSA) is 200 Å². The van der Waals surface area contributed by atoms with Crippen molar-refractivity contribution >= 4 is 17.9 Å². The maximum Gasteiger partial charge on any atom is 0.338 e. The Labute approximate surface area is 227 Å². The second kappa shape index (κ2) is 11.0. The molecule has 218 valence electrons. The Kier molecular flexibility index (Phi) is 7.85. The number of hydrogen-bond acceptors (Lipinski definition) is 14. The van der Waals surface area contributed by atoms with Gasteiger partial charge in [0.25, 0.3) is 0 Å². The van der Waals surface area contributed by atoms with E-state index in [1.807, 2.05) is 0 Å². The molecule has 4 aliphatic rings. The van der Waals surface area contributed by atoms with E-state index in [0.717, 1.165) is 0 Å². The van der Waals surface area contributed by atoms with E-state index in [0.29, 0.717) is 0 Å². The highest BCUT2D eigenvalue weighted by molar-refractivity contribution is 5.89. The molecule has 14 heteroatoms. The van der Waals surface area contributed by atoms with Crippen LogP contribution < -0.4 is 4.74 Å². The number of aliphatic hydroxyl groups is 4. The number of hydrogen-bond donors (Lipinski definition) is 4. The highest BCUT2D eigenvalue weighted by Crippen LogP contribution is 2.61. The van der Waals surface area contributed by atoms with Gasteiger partial charge >= 0.3 is 17.9 Å². The smallest absolute Gasteiger partial charge is 0.338 e. The first-order chi connectivity index (χ1) is 19.1. The number of carbonyl (C=O) groups excluding carboxylic acids is 3. The quantitative estimate of drug-likeness (QED) is 0.166. The molecule has 5 rings (SSSR count). The number of benzene rings is 1. The van der Waals surface area contributed by atoms with E-state index >= 15 is 0 Å². The minimum absolute atomic E-state index is 0.191. The summed E-state index contributed by atoms with van der Waals surface area (Å²) in [5.74, 6) is -2.75. The molecule has 2 saturated heterocycles. The molecular weight excluding hydrogens is 536 g/mol. The average Bonchev–Trinajstić information content (AvgIpc) is 3.59. The van der Waals surface area contributed by atoms with Gasteiger partial charge in [-0.3, -0.25) is 9.59 Å². The second-order valence-electron chi connectivity index (χ2n) is 10.0. The maximum atomic E-state index is 13.0. The Bertz CT molecular complexity index is 1150. The highest BCUT2D eigenvalue weighted by atomic mass is 16.8. The van der Waals surface area contributed by atoms with Crippen molar-refractivity contribution in [2.45, 2.75) is 68.7 Å². The summed E-state index contributed by atoms with van der Waals surface area (Å²) >= 11 is 0. The lowest BCUT2D eigenvalue weighted by Gasteiger charge is -2.43. The predicted octanol–water partition coefficient (Wildman–Crippen LogP) is -1.23. The van der Waals surface area contributed by atoms with Crippen molar-refractivity contribution < 1.29 is 68.0 Å². The lowest BCUT2D eigenvalue weighted by molar-refractivity contribution is -0.344. The van der Waals surface area contributed by atoms with Gasteiger partial charge in [0.05, 0.1) is 24.4 Å². The third-order valence-electron chi connectivity index (χ3n) is 7.45. The van der Waals surface area contributed by atoms with Gasteiger partial charge < -0.3 is 53.6 Å². The molecule has 14 nitrogen and oxygen atoms in total. The van der Waals surface area contributed by atoms with Gasteiger partial charge in [-0.2, -0.15) is 0 Å². The van der Waals surface area contributed by atoms with Crippen LogP contribution in [0.2, 0.25) is 0 Å². The first-order valence-electron chi connectivity index (χ1n) is 12.6. The van der Waals surface area contributed by atoms with Crippen LogP contribution in [0, 0.1) is 11.8 Å². The molecule has 0 radical (unpaired) electrons. The van der Waals surface area contributed by atoms with Crippen molar-refractivity contribution in [1.29, 1.82) is 0 Å². The summed E-state index contributed by atoms with van der Waals surface area (Å²) in [6.45, 7) is 1.64. The number of epoxide rings is 1. The Morgan fingerprint density at radius 2 is 1.70 bits per heavy atom. The molecular formula is C26H30O14. The van der Waals surface area contributed by atoms with E-state index in [9.17, 15) is 34.8 Å². The third-order valence-corrected chi connectivity index (χ3v) is 7.45. The molecule has 3 fully saturated rings. The van der Waals surface area contributed by atoms with Gasteiger partial charge in [0.2, 0.25) is 6.29 Å². The van der Waals surface area contributed by atoms with Crippen LogP contribution in [0.3, 0.4) is 0 Å². The number of ether oxygens (including phenoxy) is 7. The van der Waals surface area contributed by atoms with Crippen molar-refractivity contribution in [2.75, 3.05) is 13.2 Å². The Morgan fingerprint density at radius 1 is 0.975 bits per heavy atom. The Balaban J connectivity index is 1.36. The van der Waals surface area contributed by atoms with Crippen molar-refractivity contribution in [3.8, 4) is 5.75 Å². The van der Waals surface area contributed by atoms with Crippen LogP contribution in [-0.2, 0) is 38.0 Å². The molecule has 0 bridgehead atoms. The van der Waals surface area contributed by atoms with Crippen LogP contribution in [0.25, 0.3) is 0 Å². The molecule has 1 saturated carbocycles. The summed E-state index contributed by atoms with van der Waals surface area (Å²) in [7, 11) is 0. The van der Waals surface area contributed by atoms with Crippen molar-refractivity contribution in [2.24, 2.45) is 11.8 Å². The summed E-state index contributed by atoms with van der Waals surface area (Å²) in [4.78, 5) is 35.8. The number of carbonyl (C=O) groups is 3. The average molecular weight is 567 g/mol. The summed E-state index contributed by atoms with van der Waals surface area (Å²) in [5, 5.41) is 40.2. The van der Waals surface area contributed by atoms with Gasteiger partial charge in [-0.15, -0.1) is 0 Å². The molecule has 1 aromatic rings. The molecule has 11 atom stereocenters. The minimum atomic E-state index is -1.68. The summed E-state index contributed by atoms with van der Waals surface area (Å²) < 4.78 is 39.1. The fraction of sp³-hybridized carbons (Fsp3) is 0.577. The van der Waals surface area contributed by atoms with Crippen molar-refractivity contribution in [1.82, 2.24) is 0 Å². The molecule has 0 unspecified atom stereocenters. The van der Waals surface area contributed by atoms with Gasteiger partial charge in [0.1, 0.15) is 54.6 Å². The first kappa shape index (κ1) is 28.4. The predicted molar refractivity (Wildman–Crippen MR) is 127 cm³/mol. The number of fused-ring (bicyclic) bond motifs is 3. The van der Waals surface area contributed by atoms with Crippen LogP contribution in [0.5, 0.6) is 5.75 Å². The zero-order chi connectivity index (χ0) is 28.8. The zero-order valence-electron chi connectivity index (χ0n) is 21.5. The highest BCUT2D eigenvalue weighted by Gasteiger charge is 2.78.